The van der Waals surface area contributed by atoms with Crippen molar-refractivity contribution in [1.29, 1.82) is 0 Å². The molecular formula is C9H11AsO. The summed E-state index contributed by atoms with van der Waals surface area (Å²) in [6.45, 7) is 0.705. The van der Waals surface area contributed by atoms with Crippen LogP contribution in [0.15, 0.2) is 30.3 Å². The molecule has 1 heterocycles. The van der Waals surface area contributed by atoms with Crippen molar-refractivity contribution in [1.82, 2.24) is 0 Å². The van der Waals surface area contributed by atoms with Crippen molar-refractivity contribution in [2.24, 2.45) is 0 Å². The molecule has 1 aliphatic heterocycles. The summed E-state index contributed by atoms with van der Waals surface area (Å²) in [4.78, 5) is 0. The van der Waals surface area contributed by atoms with E-state index in [2.05, 4.69) is 6.08 Å². The molecule has 0 amide bonds. The Labute approximate surface area is 77.4 Å². The third kappa shape index (κ3) is 1.66. The van der Waals surface area contributed by atoms with Crippen molar-refractivity contribution >= 4 is 24.0 Å². The fourth-order valence-corrected chi connectivity index (χ4v) is 1.06. The summed E-state index contributed by atoms with van der Waals surface area (Å²) in [5.74, 6) is 0.991. The van der Waals surface area contributed by atoms with Crippen LogP contribution in [0.3, 0.4) is 0 Å². The van der Waals surface area contributed by atoms with Crippen LogP contribution in [0.5, 0.6) is 5.75 Å². The van der Waals surface area contributed by atoms with Crippen molar-refractivity contribution < 1.29 is 4.74 Å². The van der Waals surface area contributed by atoms with E-state index in [0.29, 0.717) is 6.61 Å². The van der Waals surface area contributed by atoms with Crippen LogP contribution in [0.1, 0.15) is 5.56 Å². The van der Waals surface area contributed by atoms with Crippen molar-refractivity contribution in [3.8, 4) is 5.75 Å². The number of ether oxygens (including phenoxy) is 1. The molecule has 11 heavy (non-hydrogen) atoms. The van der Waals surface area contributed by atoms with Crippen LogP contribution in [-0.2, 0) is 0 Å². The Balaban J connectivity index is 0.000000605. The molecule has 1 nitrogen and oxygen atoms in total. The fraction of sp³-hybridized carbons (Fsp3) is 0.111. The molecule has 0 spiro atoms. The minimum absolute atomic E-state index is 0. The predicted molar refractivity (Wildman–Crippen MR) is 50.9 cm³/mol. The minimum atomic E-state index is 0. The molecule has 2 heteroatoms. The van der Waals surface area contributed by atoms with E-state index in [1.165, 1.54) is 5.56 Å². The maximum atomic E-state index is 5.34. The molecule has 0 saturated carbocycles. The molecular weight excluding hydrogens is 199 g/mol. The van der Waals surface area contributed by atoms with Crippen molar-refractivity contribution in [2.75, 3.05) is 6.61 Å². The number of fused-ring (bicyclic) bond motifs is 1. The predicted octanol–water partition coefficient (Wildman–Crippen LogP) is 0.908. The Hall–Kier alpha value is -0.682. The van der Waals surface area contributed by atoms with Crippen LogP contribution in [0, 0.1) is 0 Å². The topological polar surface area (TPSA) is 9.23 Å². The third-order valence-electron chi connectivity index (χ3n) is 1.55. The van der Waals surface area contributed by atoms with Crippen LogP contribution >= 0.6 is 0 Å². The van der Waals surface area contributed by atoms with Gasteiger partial charge in [0.25, 0.3) is 0 Å². The number of hydrogen-bond acceptors (Lipinski definition) is 1. The third-order valence-corrected chi connectivity index (χ3v) is 1.55. The summed E-state index contributed by atoms with van der Waals surface area (Å²) in [7, 11) is 0. The van der Waals surface area contributed by atoms with Gasteiger partial charge in [0.05, 0.1) is 0 Å². The van der Waals surface area contributed by atoms with E-state index in [9.17, 15) is 0 Å². The van der Waals surface area contributed by atoms with Crippen LogP contribution in [0.25, 0.3) is 6.08 Å². The summed E-state index contributed by atoms with van der Waals surface area (Å²) >= 11 is 0. The van der Waals surface area contributed by atoms with Gasteiger partial charge in [-0.3, -0.25) is 0 Å². The number of para-hydroxylation sites is 1. The molecule has 1 atom stereocenters. The molecule has 0 N–H and O–H groups in total. The van der Waals surface area contributed by atoms with Gasteiger partial charge in [0.15, 0.2) is 0 Å². The second-order valence-electron chi connectivity index (χ2n) is 2.25. The molecule has 0 radical (unpaired) electrons. The zero-order valence-electron chi connectivity index (χ0n) is 6.29. The van der Waals surface area contributed by atoms with Gasteiger partial charge in [0, 0.05) is 5.56 Å². The number of benzene rings is 1. The normalized spacial score (nSPS) is 12.7. The first kappa shape index (κ1) is 8.42. The van der Waals surface area contributed by atoms with Crippen molar-refractivity contribution in [3.63, 3.8) is 0 Å². The van der Waals surface area contributed by atoms with E-state index in [0.717, 1.165) is 5.75 Å². The van der Waals surface area contributed by atoms with Gasteiger partial charge in [0.1, 0.15) is 12.4 Å². The zero-order chi connectivity index (χ0) is 6.81. The molecule has 1 unspecified atom stereocenters. The van der Waals surface area contributed by atoms with E-state index >= 15 is 0 Å². The molecule has 58 valence electrons. The number of hydrogen-bond donors (Lipinski definition) is 0. The Morgan fingerprint density at radius 1 is 1.18 bits per heavy atom. The quantitative estimate of drug-likeness (QED) is 0.578. The molecule has 1 aliphatic rings. The molecule has 0 aliphatic carbocycles. The Kier molecular flexibility index (Phi) is 2.78. The Morgan fingerprint density at radius 3 is 2.82 bits per heavy atom. The van der Waals surface area contributed by atoms with Gasteiger partial charge < -0.3 is 4.74 Å². The van der Waals surface area contributed by atoms with E-state index in [4.69, 9.17) is 4.74 Å². The van der Waals surface area contributed by atoms with Crippen LogP contribution in [0.4, 0.5) is 0 Å². The van der Waals surface area contributed by atoms with Gasteiger partial charge in [-0.15, -0.1) is 0 Å². The van der Waals surface area contributed by atoms with E-state index in [-0.39, 0.29) is 18.0 Å². The molecule has 0 saturated heterocycles. The summed E-state index contributed by atoms with van der Waals surface area (Å²) in [6.07, 6.45) is 4.10. The average Bonchev–Trinajstić information content (AvgIpc) is 2.05. The first-order valence-electron chi connectivity index (χ1n) is 3.35. The first-order valence-corrected chi connectivity index (χ1v) is 3.35. The zero-order valence-corrected chi connectivity index (χ0v) is 9.25. The summed E-state index contributed by atoms with van der Waals surface area (Å²) in [5, 5.41) is 0. The Bertz CT molecular complexity index is 268. The molecule has 0 aromatic heterocycles. The first-order chi connectivity index (χ1) is 4.97. The van der Waals surface area contributed by atoms with Crippen LogP contribution in [0.2, 0.25) is 0 Å². The molecule has 1 aromatic rings. The van der Waals surface area contributed by atoms with Gasteiger partial charge in [-0.1, -0.05) is 24.3 Å². The SMILES string of the molecule is C1=Cc2ccccc2OC1.[AsH3]. The van der Waals surface area contributed by atoms with Crippen LogP contribution in [-0.4, -0.2) is 24.6 Å². The average molecular weight is 210 g/mol. The van der Waals surface area contributed by atoms with Gasteiger partial charge in [-0.25, -0.2) is 0 Å². The second-order valence-corrected chi connectivity index (χ2v) is 2.25. The Morgan fingerprint density at radius 2 is 2.00 bits per heavy atom. The summed E-state index contributed by atoms with van der Waals surface area (Å²) < 4.78 is 5.34. The second kappa shape index (κ2) is 3.64. The molecule has 1 aromatic carbocycles. The maximum absolute atomic E-state index is 5.34. The van der Waals surface area contributed by atoms with E-state index in [1.807, 2.05) is 30.3 Å². The van der Waals surface area contributed by atoms with Crippen molar-refractivity contribution in [2.45, 2.75) is 0 Å². The fourth-order valence-electron chi connectivity index (χ4n) is 1.06. The van der Waals surface area contributed by atoms with Gasteiger partial charge in [-0.2, -0.15) is 0 Å². The van der Waals surface area contributed by atoms with Gasteiger partial charge >= 0.3 is 18.0 Å². The number of rotatable bonds is 0. The molecule has 2 rings (SSSR count). The standard InChI is InChI=1S/C9H8O.AsH3/c1-2-6-9-8(4-1)5-3-7-10-9;/h1-6H,7H2;1H3. The monoisotopic (exact) mass is 210 g/mol. The summed E-state index contributed by atoms with van der Waals surface area (Å²) in [6, 6.07) is 8.03. The van der Waals surface area contributed by atoms with E-state index < -0.39 is 0 Å². The van der Waals surface area contributed by atoms with Crippen LogP contribution < -0.4 is 4.74 Å². The van der Waals surface area contributed by atoms with Gasteiger partial charge in [-0.05, 0) is 12.1 Å². The van der Waals surface area contributed by atoms with Gasteiger partial charge in [0.2, 0.25) is 0 Å². The van der Waals surface area contributed by atoms with E-state index in [1.54, 1.807) is 0 Å². The molecule has 0 fully saturated rings. The summed E-state index contributed by atoms with van der Waals surface area (Å²) in [5.41, 5.74) is 1.17. The van der Waals surface area contributed by atoms with Crippen molar-refractivity contribution in [3.05, 3.63) is 35.9 Å². The molecule has 0 bridgehead atoms.